The highest BCUT2D eigenvalue weighted by Crippen LogP contribution is 2.39. The van der Waals surface area contributed by atoms with Gasteiger partial charge in [-0.2, -0.15) is 0 Å². The van der Waals surface area contributed by atoms with E-state index >= 15 is 0 Å². The number of aliphatic imine (C=N–C) groups is 2. The first kappa shape index (κ1) is 30.5. The van der Waals surface area contributed by atoms with Gasteiger partial charge in [0.1, 0.15) is 25.3 Å². The fraction of sp³-hybridized carbons (Fsp3) is 0.0952. The largest absolute Gasteiger partial charge is 0.471 e. The fourth-order valence-corrected chi connectivity index (χ4v) is 11.4. The van der Waals surface area contributed by atoms with Gasteiger partial charge in [0.2, 0.25) is 0 Å². The zero-order chi connectivity index (χ0) is 32.1. The summed E-state index contributed by atoms with van der Waals surface area (Å²) >= 11 is 0. The van der Waals surface area contributed by atoms with Crippen molar-refractivity contribution in [3.05, 3.63) is 181 Å². The molecule has 8 rings (SSSR count). The van der Waals surface area contributed by atoms with E-state index in [1.807, 2.05) is 0 Å². The predicted molar refractivity (Wildman–Crippen MR) is 203 cm³/mol. The van der Waals surface area contributed by atoms with Crippen LogP contribution in [0.25, 0.3) is 0 Å². The number of hydrogen-bond donors (Lipinski definition) is 0. The minimum absolute atomic E-state index is 0.143. The molecule has 234 valence electrons. The Morgan fingerprint density at radius 1 is 0.375 bits per heavy atom. The second-order valence-corrected chi connectivity index (χ2v) is 16.0. The van der Waals surface area contributed by atoms with Gasteiger partial charge in [0.25, 0.3) is 11.8 Å². The number of rotatable bonds is 9. The second kappa shape index (κ2) is 14.1. The van der Waals surface area contributed by atoms with Crippen LogP contribution in [0.4, 0.5) is 0 Å². The zero-order valence-corrected chi connectivity index (χ0v) is 28.1. The average molecular weight is 661 g/mol. The van der Waals surface area contributed by atoms with Crippen LogP contribution in [0.5, 0.6) is 0 Å². The van der Waals surface area contributed by atoms with E-state index in [2.05, 4.69) is 170 Å². The van der Waals surface area contributed by atoms with Crippen molar-refractivity contribution in [1.82, 2.24) is 0 Å². The molecule has 2 atom stereocenters. The Kier molecular flexibility index (Phi) is 8.93. The van der Waals surface area contributed by atoms with Crippen molar-refractivity contribution in [2.24, 2.45) is 9.98 Å². The zero-order valence-electron chi connectivity index (χ0n) is 26.3. The summed E-state index contributed by atoms with van der Waals surface area (Å²) in [4.78, 5) is 10.2. The smallest absolute Gasteiger partial charge is 0.273 e. The molecule has 0 aromatic heterocycles. The molecule has 0 saturated carbocycles. The van der Waals surface area contributed by atoms with Crippen molar-refractivity contribution in [3.8, 4) is 0 Å². The molecule has 2 heterocycles. The summed E-state index contributed by atoms with van der Waals surface area (Å²) in [5.41, 5.74) is 2.37. The maximum absolute atomic E-state index is 6.26. The van der Waals surface area contributed by atoms with Crippen LogP contribution in [-0.4, -0.2) is 25.0 Å². The Hall–Kier alpha value is -4.88. The summed E-state index contributed by atoms with van der Waals surface area (Å²) in [6.45, 7) is 0.909. The highest BCUT2D eigenvalue weighted by molar-refractivity contribution is 7.80. The van der Waals surface area contributed by atoms with Gasteiger partial charge in [-0.05, 0) is 58.8 Å². The fourth-order valence-electron chi connectivity index (χ4n) is 6.41. The molecule has 0 bridgehead atoms. The molecular weight excluding hydrogens is 626 g/mol. The number of nitrogens with zero attached hydrogens (tertiary/aromatic N) is 2. The SMILES string of the molecule is c1ccc(P(c2ccccc2)c2ccccc2[C@H]2COC(C3=N[C@@H](c4ccccc4P(c4ccccc4)c4ccccc4)CO3)=N2)cc1. The molecule has 48 heavy (non-hydrogen) atoms. The predicted octanol–water partition coefficient (Wildman–Crippen LogP) is 6.84. The highest BCUT2D eigenvalue weighted by atomic mass is 31.1. The Bertz CT molecular complexity index is 1820. The van der Waals surface area contributed by atoms with Crippen LogP contribution in [0.3, 0.4) is 0 Å². The van der Waals surface area contributed by atoms with E-state index < -0.39 is 15.8 Å². The molecule has 6 aromatic carbocycles. The van der Waals surface area contributed by atoms with Crippen molar-refractivity contribution in [3.63, 3.8) is 0 Å². The molecular formula is C42H34N2O2P2. The van der Waals surface area contributed by atoms with Crippen molar-refractivity contribution in [1.29, 1.82) is 0 Å². The third-order valence-electron chi connectivity index (χ3n) is 8.62. The molecule has 4 nitrogen and oxygen atoms in total. The van der Waals surface area contributed by atoms with Crippen LogP contribution in [0, 0.1) is 0 Å². The summed E-state index contributed by atoms with van der Waals surface area (Å²) in [5.74, 6) is 0.985. The molecule has 6 aromatic rings. The number of hydrogen-bond acceptors (Lipinski definition) is 4. The van der Waals surface area contributed by atoms with Crippen molar-refractivity contribution < 1.29 is 9.47 Å². The van der Waals surface area contributed by atoms with Gasteiger partial charge in [-0.3, -0.25) is 0 Å². The van der Waals surface area contributed by atoms with E-state index in [0.29, 0.717) is 25.0 Å². The quantitative estimate of drug-likeness (QED) is 0.160. The number of ether oxygens (including phenoxy) is 2. The Morgan fingerprint density at radius 3 is 1.00 bits per heavy atom. The molecule has 0 radical (unpaired) electrons. The second-order valence-electron chi connectivity index (χ2n) is 11.7. The maximum Gasteiger partial charge on any atom is 0.273 e. The van der Waals surface area contributed by atoms with Gasteiger partial charge in [0.15, 0.2) is 0 Å². The van der Waals surface area contributed by atoms with Gasteiger partial charge in [-0.1, -0.05) is 170 Å². The van der Waals surface area contributed by atoms with Crippen LogP contribution in [0.1, 0.15) is 23.2 Å². The van der Waals surface area contributed by atoms with E-state index in [0.717, 1.165) is 0 Å². The lowest BCUT2D eigenvalue weighted by Crippen LogP contribution is -2.24. The van der Waals surface area contributed by atoms with Gasteiger partial charge in [-0.25, -0.2) is 9.98 Å². The first-order valence-corrected chi connectivity index (χ1v) is 18.9. The third kappa shape index (κ3) is 6.22. The van der Waals surface area contributed by atoms with Crippen molar-refractivity contribution in [2.75, 3.05) is 13.2 Å². The van der Waals surface area contributed by atoms with Crippen LogP contribution < -0.4 is 31.8 Å². The lowest BCUT2D eigenvalue weighted by molar-refractivity contribution is 0.296. The maximum atomic E-state index is 6.26. The Morgan fingerprint density at radius 2 is 0.667 bits per heavy atom. The lowest BCUT2D eigenvalue weighted by atomic mass is 10.1. The number of benzene rings is 6. The van der Waals surface area contributed by atoms with Gasteiger partial charge in [0.05, 0.1) is 0 Å². The highest BCUT2D eigenvalue weighted by Gasteiger charge is 2.34. The topological polar surface area (TPSA) is 43.2 Å². The average Bonchev–Trinajstić information content (AvgIpc) is 3.85. The Balaban J connectivity index is 1.12. The summed E-state index contributed by atoms with van der Waals surface area (Å²) in [5, 5.41) is 7.82. The first-order valence-electron chi connectivity index (χ1n) is 16.2. The van der Waals surface area contributed by atoms with Gasteiger partial charge in [-0.15, -0.1) is 0 Å². The molecule has 0 amide bonds. The summed E-state index contributed by atoms with van der Waals surface area (Å²) in [6, 6.07) is 60.2. The molecule has 0 aliphatic carbocycles. The van der Waals surface area contributed by atoms with Gasteiger partial charge >= 0.3 is 0 Å². The van der Waals surface area contributed by atoms with Crippen molar-refractivity contribution >= 4 is 59.5 Å². The molecule has 0 spiro atoms. The lowest BCUT2D eigenvalue weighted by Gasteiger charge is -2.23. The Labute approximate surface area is 284 Å². The normalized spacial score (nSPS) is 17.1. The molecule has 0 unspecified atom stereocenters. The standard InChI is InChI=1S/C42H34N2O2P2/c1-5-17-31(18-6-1)47(32-19-7-2-8-20-32)39-27-15-13-25-35(39)37-29-45-41(43-37)42-44-38(30-46-42)36-26-14-16-28-40(36)48(33-21-9-3-10-22-33)34-23-11-4-12-24-34/h1-28,37-38H,29-30H2/t37-,38-/m1/s1. The van der Waals surface area contributed by atoms with Crippen LogP contribution in [-0.2, 0) is 9.47 Å². The van der Waals surface area contributed by atoms with E-state index in [4.69, 9.17) is 19.5 Å². The minimum atomic E-state index is -0.778. The molecule has 0 saturated heterocycles. The monoisotopic (exact) mass is 660 g/mol. The van der Waals surface area contributed by atoms with Crippen LogP contribution in [0.2, 0.25) is 0 Å². The van der Waals surface area contributed by atoms with E-state index in [9.17, 15) is 0 Å². The molecule has 2 aliphatic heterocycles. The summed E-state index contributed by atoms with van der Waals surface area (Å²) < 4.78 is 12.5. The van der Waals surface area contributed by atoms with Gasteiger partial charge < -0.3 is 9.47 Å². The third-order valence-corrected chi connectivity index (χ3v) is 13.7. The molecule has 2 aliphatic rings. The van der Waals surface area contributed by atoms with Crippen LogP contribution in [0.15, 0.2) is 180 Å². The van der Waals surface area contributed by atoms with E-state index in [1.165, 1.54) is 43.0 Å². The first-order chi connectivity index (χ1) is 23.8. The molecule has 0 fully saturated rings. The van der Waals surface area contributed by atoms with Gasteiger partial charge in [0, 0.05) is 0 Å². The molecule has 6 heteroatoms. The summed E-state index contributed by atoms with van der Waals surface area (Å²) in [6.07, 6.45) is 0. The molecule has 0 N–H and O–H groups in total. The minimum Gasteiger partial charge on any atom is -0.471 e. The summed E-state index contributed by atoms with van der Waals surface area (Å²) in [7, 11) is -1.56. The van der Waals surface area contributed by atoms with E-state index in [-0.39, 0.29) is 12.1 Å². The van der Waals surface area contributed by atoms with Crippen LogP contribution >= 0.6 is 15.8 Å². The van der Waals surface area contributed by atoms with Crippen molar-refractivity contribution in [2.45, 2.75) is 12.1 Å². The van der Waals surface area contributed by atoms with E-state index in [1.54, 1.807) is 0 Å².